The molecule has 1 unspecified atom stereocenters. The van der Waals surface area contributed by atoms with E-state index in [1.54, 1.807) is 33.8 Å². The molecule has 238 valence electrons. The Hall–Kier alpha value is -3.87. The first-order chi connectivity index (χ1) is 21.2. The highest BCUT2D eigenvalue weighted by atomic mass is 35.5. The molecule has 4 heterocycles. The monoisotopic (exact) mass is 640 g/mol. The highest BCUT2D eigenvalue weighted by Crippen LogP contribution is 2.46. The number of fused-ring (bicyclic) bond motifs is 5. The first-order valence-corrected chi connectivity index (χ1v) is 15.3. The first-order valence-electron chi connectivity index (χ1n) is 14.9. The minimum Gasteiger partial charge on any atom is -0.458 e. The zero-order chi connectivity index (χ0) is 32.6. The molecule has 6 rings (SSSR count). The van der Waals surface area contributed by atoms with Crippen LogP contribution in [0.15, 0.2) is 16.9 Å². The number of hydrogen-bond donors (Lipinski definition) is 3. The number of halogens is 2. The zero-order valence-electron chi connectivity index (χ0n) is 25.4. The maximum Gasteiger partial charge on any atom is 0.343 e. The molecule has 0 fully saturated rings. The third-order valence-corrected chi connectivity index (χ3v) is 9.42. The Morgan fingerprint density at radius 3 is 2.64 bits per heavy atom. The Kier molecular flexibility index (Phi) is 7.53. The fourth-order valence-electron chi connectivity index (χ4n) is 6.76. The van der Waals surface area contributed by atoms with Gasteiger partial charge in [0.1, 0.15) is 12.4 Å². The number of rotatable bonds is 6. The standard InChI is InChI=1S/C32H34ClFN4O7/c1-5-32(44)18-10-22-27-16(12-38(22)28(41)17(18)14-45-30(32)43)25-20(7-6-15-24(25)21(36-27)11-19(34)26(15)33)35-23(40)13-37(8-9-39)29(42)31(2,3)4/h10-11,20,39,44H,5-9,12-14H2,1-4H3,(H,35,40)/t20?,32-/m0/s1. The van der Waals surface area contributed by atoms with Gasteiger partial charge in [0.05, 0.1) is 53.2 Å². The van der Waals surface area contributed by atoms with Crippen LogP contribution in [0.3, 0.4) is 0 Å². The van der Waals surface area contributed by atoms with E-state index in [2.05, 4.69) is 5.32 Å². The third-order valence-electron chi connectivity index (χ3n) is 9.01. The van der Waals surface area contributed by atoms with E-state index in [1.165, 1.54) is 15.5 Å². The highest BCUT2D eigenvalue weighted by molar-refractivity contribution is 6.32. The average Bonchev–Trinajstić information content (AvgIpc) is 3.36. The van der Waals surface area contributed by atoms with E-state index in [0.29, 0.717) is 46.3 Å². The van der Waals surface area contributed by atoms with Crippen LogP contribution in [0.2, 0.25) is 5.02 Å². The Labute approximate surface area is 262 Å². The van der Waals surface area contributed by atoms with Gasteiger partial charge in [0.25, 0.3) is 5.56 Å². The first kappa shape index (κ1) is 31.1. The van der Waals surface area contributed by atoms with Crippen LogP contribution >= 0.6 is 11.6 Å². The second kappa shape index (κ2) is 10.9. The number of aliphatic hydroxyl groups excluding tert-OH is 1. The van der Waals surface area contributed by atoms with Gasteiger partial charge in [0, 0.05) is 34.5 Å². The average molecular weight is 641 g/mol. The summed E-state index contributed by atoms with van der Waals surface area (Å²) in [6, 6.07) is 2.20. The molecule has 3 aromatic rings. The smallest absolute Gasteiger partial charge is 0.343 e. The van der Waals surface area contributed by atoms with Crippen LogP contribution in [-0.4, -0.2) is 62.1 Å². The second-order valence-corrected chi connectivity index (χ2v) is 13.2. The summed E-state index contributed by atoms with van der Waals surface area (Å²) >= 11 is 6.44. The maximum atomic E-state index is 15.0. The van der Waals surface area contributed by atoms with E-state index < -0.39 is 40.3 Å². The lowest BCUT2D eigenvalue weighted by Crippen LogP contribution is -2.47. The molecule has 2 aliphatic heterocycles. The van der Waals surface area contributed by atoms with Crippen LogP contribution in [-0.2, 0) is 44.3 Å². The van der Waals surface area contributed by atoms with Crippen LogP contribution in [0.25, 0.3) is 22.3 Å². The van der Waals surface area contributed by atoms with Crippen molar-refractivity contribution in [3.05, 3.63) is 61.1 Å². The molecule has 13 heteroatoms. The van der Waals surface area contributed by atoms with Gasteiger partial charge in [-0.25, -0.2) is 14.2 Å². The summed E-state index contributed by atoms with van der Waals surface area (Å²) in [6.45, 7) is 6.00. The SMILES string of the molecule is CC[C@@]1(O)C(=O)OCc2c1cc1n(c2=O)Cc2c-1nc1cc(F)c(Cl)c3c1c2C(NC(=O)CN(CCO)C(=O)C(C)(C)C)CC3. The van der Waals surface area contributed by atoms with Gasteiger partial charge in [0.15, 0.2) is 5.60 Å². The van der Waals surface area contributed by atoms with Gasteiger partial charge in [-0.2, -0.15) is 0 Å². The molecule has 1 aromatic carbocycles. The fourth-order valence-corrected chi connectivity index (χ4v) is 7.00. The number of aliphatic hydroxyl groups is 2. The zero-order valence-corrected chi connectivity index (χ0v) is 26.2. The molecule has 3 aliphatic rings. The van der Waals surface area contributed by atoms with E-state index in [9.17, 15) is 29.4 Å². The number of benzene rings is 1. The molecule has 2 aromatic heterocycles. The Morgan fingerprint density at radius 1 is 1.24 bits per heavy atom. The van der Waals surface area contributed by atoms with Crippen molar-refractivity contribution in [2.45, 2.75) is 71.8 Å². The molecule has 1 aliphatic carbocycles. The second-order valence-electron chi connectivity index (χ2n) is 12.9. The van der Waals surface area contributed by atoms with Gasteiger partial charge in [-0.1, -0.05) is 39.3 Å². The molecule has 2 atom stereocenters. The Balaban J connectivity index is 1.48. The predicted octanol–water partition coefficient (Wildman–Crippen LogP) is 2.84. The van der Waals surface area contributed by atoms with Crippen molar-refractivity contribution in [1.82, 2.24) is 19.8 Å². The third kappa shape index (κ3) is 4.81. The molecular formula is C32H34ClFN4O7. The molecule has 0 saturated heterocycles. The number of carbonyl (C=O) groups is 3. The summed E-state index contributed by atoms with van der Waals surface area (Å²) in [7, 11) is 0. The highest BCUT2D eigenvalue weighted by Gasteiger charge is 2.46. The Morgan fingerprint density at radius 2 is 1.98 bits per heavy atom. The number of hydrogen-bond acceptors (Lipinski definition) is 8. The van der Waals surface area contributed by atoms with Crippen molar-refractivity contribution in [1.29, 1.82) is 0 Å². The van der Waals surface area contributed by atoms with Crippen LogP contribution < -0.4 is 10.9 Å². The maximum absolute atomic E-state index is 15.0. The summed E-state index contributed by atoms with van der Waals surface area (Å²) in [5.74, 6) is -2.23. The van der Waals surface area contributed by atoms with E-state index in [4.69, 9.17) is 21.3 Å². The van der Waals surface area contributed by atoms with E-state index in [1.807, 2.05) is 0 Å². The van der Waals surface area contributed by atoms with E-state index in [-0.39, 0.29) is 66.8 Å². The minimum absolute atomic E-state index is 0.0139. The molecule has 11 nitrogen and oxygen atoms in total. The summed E-state index contributed by atoms with van der Waals surface area (Å²) in [6.07, 6.45) is 0.689. The number of amides is 2. The molecule has 0 radical (unpaired) electrons. The Bertz CT molecular complexity index is 1870. The summed E-state index contributed by atoms with van der Waals surface area (Å²) in [4.78, 5) is 58.9. The topological polar surface area (TPSA) is 151 Å². The molecular weight excluding hydrogens is 607 g/mol. The number of ether oxygens (including phenoxy) is 1. The predicted molar refractivity (Wildman–Crippen MR) is 162 cm³/mol. The normalized spacial score (nSPS) is 19.9. The summed E-state index contributed by atoms with van der Waals surface area (Å²) < 4.78 is 21.7. The van der Waals surface area contributed by atoms with Crippen molar-refractivity contribution in [2.75, 3.05) is 19.7 Å². The number of pyridine rings is 2. The number of aryl methyl sites for hydroxylation is 1. The van der Waals surface area contributed by atoms with Gasteiger partial charge >= 0.3 is 5.97 Å². The van der Waals surface area contributed by atoms with Crippen LogP contribution in [0.4, 0.5) is 4.39 Å². The van der Waals surface area contributed by atoms with Crippen molar-refractivity contribution >= 4 is 40.3 Å². The lowest BCUT2D eigenvalue weighted by molar-refractivity contribution is -0.172. The summed E-state index contributed by atoms with van der Waals surface area (Å²) in [5.41, 5.74) is -0.0795. The van der Waals surface area contributed by atoms with Crippen LogP contribution in [0.1, 0.15) is 74.4 Å². The van der Waals surface area contributed by atoms with Gasteiger partial charge in [0.2, 0.25) is 11.8 Å². The van der Waals surface area contributed by atoms with E-state index in [0.717, 1.165) is 0 Å². The van der Waals surface area contributed by atoms with Crippen molar-refractivity contribution < 1.29 is 33.7 Å². The van der Waals surface area contributed by atoms with Crippen LogP contribution in [0.5, 0.6) is 0 Å². The number of carbonyl (C=O) groups excluding carboxylic acids is 3. The number of nitrogens with one attached hydrogen (secondary N) is 1. The molecule has 3 N–H and O–H groups in total. The number of esters is 1. The number of cyclic esters (lactones) is 1. The van der Waals surface area contributed by atoms with Gasteiger partial charge < -0.3 is 29.7 Å². The largest absolute Gasteiger partial charge is 0.458 e. The van der Waals surface area contributed by atoms with Gasteiger partial charge in [-0.3, -0.25) is 14.4 Å². The van der Waals surface area contributed by atoms with Crippen molar-refractivity contribution in [3.63, 3.8) is 0 Å². The van der Waals surface area contributed by atoms with Crippen molar-refractivity contribution in [2.24, 2.45) is 5.41 Å². The van der Waals surface area contributed by atoms with Crippen LogP contribution in [0, 0.1) is 11.2 Å². The molecule has 2 amide bonds. The molecule has 0 bridgehead atoms. The molecule has 45 heavy (non-hydrogen) atoms. The quantitative estimate of drug-likeness (QED) is 0.272. The molecule has 0 spiro atoms. The van der Waals surface area contributed by atoms with Gasteiger partial charge in [-0.15, -0.1) is 0 Å². The molecule has 0 saturated carbocycles. The van der Waals surface area contributed by atoms with Crippen molar-refractivity contribution in [3.8, 4) is 11.4 Å². The number of nitrogens with zero attached hydrogens (tertiary/aromatic N) is 3. The minimum atomic E-state index is -2.01. The van der Waals surface area contributed by atoms with Gasteiger partial charge in [-0.05, 0) is 36.5 Å². The van der Waals surface area contributed by atoms with E-state index >= 15 is 4.39 Å². The lowest BCUT2D eigenvalue weighted by atomic mass is 9.83. The fraction of sp³-hybridized carbons (Fsp3) is 0.469. The summed E-state index contributed by atoms with van der Waals surface area (Å²) in [5, 5.41) is 24.4. The number of aromatic nitrogens is 2. The lowest BCUT2D eigenvalue weighted by Gasteiger charge is -2.32.